The average molecular weight is 551 g/mol. The standard InChI is InChI=1S/C30H35ClN4O4/c1-30(2,3)39-29(38)35-24(12-13-25(35)27(36)23-11-14-26(31)33-18-23)16-20-7-9-22(10-8-20)28(37)34(4)19-21-6-5-15-32-17-21/h5-11,14-15,17-18,24-25,27,36H,12-13,16,19H2,1-4H3. The van der Waals surface area contributed by atoms with Gasteiger partial charge in [-0.1, -0.05) is 35.9 Å². The first-order chi connectivity index (χ1) is 18.5. The molecular weight excluding hydrogens is 516 g/mol. The molecule has 0 radical (unpaired) electrons. The Morgan fingerprint density at radius 2 is 1.85 bits per heavy atom. The van der Waals surface area contributed by atoms with E-state index in [9.17, 15) is 14.7 Å². The molecule has 1 aliphatic heterocycles. The maximum Gasteiger partial charge on any atom is 0.410 e. The van der Waals surface area contributed by atoms with Crippen LogP contribution in [0.3, 0.4) is 0 Å². The summed E-state index contributed by atoms with van der Waals surface area (Å²) in [6.45, 7) is 5.94. The van der Waals surface area contributed by atoms with Gasteiger partial charge >= 0.3 is 6.09 Å². The molecule has 0 bridgehead atoms. The highest BCUT2D eigenvalue weighted by Gasteiger charge is 2.43. The van der Waals surface area contributed by atoms with Crippen LogP contribution in [-0.2, 0) is 17.7 Å². The van der Waals surface area contributed by atoms with Crippen molar-refractivity contribution in [3.63, 3.8) is 0 Å². The highest BCUT2D eigenvalue weighted by Crippen LogP contribution is 2.36. The van der Waals surface area contributed by atoms with Gasteiger partial charge in [-0.25, -0.2) is 9.78 Å². The molecule has 0 aliphatic carbocycles. The third kappa shape index (κ3) is 7.34. The Kier molecular flexibility index (Phi) is 8.87. The van der Waals surface area contributed by atoms with Crippen molar-refractivity contribution in [2.75, 3.05) is 7.05 Å². The number of rotatable bonds is 7. The highest BCUT2D eigenvalue weighted by molar-refractivity contribution is 6.29. The molecule has 3 unspecified atom stereocenters. The van der Waals surface area contributed by atoms with Crippen LogP contribution in [0.15, 0.2) is 67.1 Å². The molecule has 2 amide bonds. The summed E-state index contributed by atoms with van der Waals surface area (Å²) < 4.78 is 5.74. The monoisotopic (exact) mass is 550 g/mol. The van der Waals surface area contributed by atoms with E-state index in [-0.39, 0.29) is 11.9 Å². The smallest absolute Gasteiger partial charge is 0.410 e. The first-order valence-corrected chi connectivity index (χ1v) is 13.4. The van der Waals surface area contributed by atoms with Crippen LogP contribution in [0.4, 0.5) is 4.79 Å². The number of ether oxygens (including phenoxy) is 1. The lowest BCUT2D eigenvalue weighted by atomic mass is 10.0. The lowest BCUT2D eigenvalue weighted by molar-refractivity contribution is -0.00458. The van der Waals surface area contributed by atoms with Crippen LogP contribution in [0.1, 0.15) is 66.8 Å². The third-order valence-electron chi connectivity index (χ3n) is 6.77. The molecule has 1 fully saturated rings. The second kappa shape index (κ2) is 12.1. The number of carbonyl (C=O) groups excluding carboxylic acids is 2. The van der Waals surface area contributed by atoms with Crippen LogP contribution in [0.2, 0.25) is 5.15 Å². The number of halogens is 1. The van der Waals surface area contributed by atoms with Crippen molar-refractivity contribution in [2.45, 2.75) is 70.4 Å². The fourth-order valence-corrected chi connectivity index (χ4v) is 5.03. The molecule has 9 heteroatoms. The predicted molar refractivity (Wildman–Crippen MR) is 149 cm³/mol. The number of hydrogen-bond acceptors (Lipinski definition) is 6. The predicted octanol–water partition coefficient (Wildman–Crippen LogP) is 5.45. The van der Waals surface area contributed by atoms with Crippen molar-refractivity contribution in [1.82, 2.24) is 19.8 Å². The minimum atomic E-state index is -0.928. The molecule has 3 aromatic rings. The van der Waals surface area contributed by atoms with Gasteiger partial charge in [0.25, 0.3) is 5.91 Å². The van der Waals surface area contributed by atoms with Crippen LogP contribution in [-0.4, -0.2) is 61.6 Å². The normalized spacial score (nSPS) is 18.1. The molecule has 1 aromatic carbocycles. The summed E-state index contributed by atoms with van der Waals surface area (Å²) in [6, 6.07) is 14.0. The van der Waals surface area contributed by atoms with Crippen molar-refractivity contribution in [1.29, 1.82) is 0 Å². The number of carbonyl (C=O) groups is 2. The highest BCUT2D eigenvalue weighted by atomic mass is 35.5. The molecule has 3 heterocycles. The Morgan fingerprint density at radius 3 is 2.46 bits per heavy atom. The molecule has 39 heavy (non-hydrogen) atoms. The molecule has 4 rings (SSSR count). The fourth-order valence-electron chi connectivity index (χ4n) is 4.92. The molecule has 206 valence electrons. The van der Waals surface area contributed by atoms with Crippen molar-refractivity contribution >= 4 is 23.6 Å². The van der Waals surface area contributed by atoms with Gasteiger partial charge in [0.15, 0.2) is 0 Å². The topological polar surface area (TPSA) is 95.9 Å². The molecule has 1 N–H and O–H groups in total. The first-order valence-electron chi connectivity index (χ1n) is 13.1. The van der Waals surface area contributed by atoms with Gasteiger partial charge in [0.05, 0.1) is 6.04 Å². The number of aliphatic hydroxyl groups is 1. The average Bonchev–Trinajstić information content (AvgIpc) is 3.32. The fraction of sp³-hybridized carbons (Fsp3) is 0.400. The Hall–Kier alpha value is -3.49. The van der Waals surface area contributed by atoms with E-state index in [1.54, 1.807) is 41.4 Å². The number of aliphatic hydroxyl groups excluding tert-OH is 1. The number of benzene rings is 1. The van der Waals surface area contributed by atoms with E-state index in [0.29, 0.717) is 42.1 Å². The minimum Gasteiger partial charge on any atom is -0.444 e. The summed E-state index contributed by atoms with van der Waals surface area (Å²) in [6.07, 6.45) is 5.49. The molecule has 0 spiro atoms. The first kappa shape index (κ1) is 28.5. The minimum absolute atomic E-state index is 0.0820. The Morgan fingerprint density at radius 1 is 1.10 bits per heavy atom. The van der Waals surface area contributed by atoms with Gasteiger partial charge < -0.3 is 14.7 Å². The number of pyridine rings is 2. The lowest BCUT2D eigenvalue weighted by Crippen LogP contribution is -2.47. The summed E-state index contributed by atoms with van der Waals surface area (Å²) in [5.41, 5.74) is 2.45. The number of amides is 2. The van der Waals surface area contributed by atoms with Crippen LogP contribution in [0, 0.1) is 0 Å². The van der Waals surface area contributed by atoms with Gasteiger partial charge in [-0.3, -0.25) is 14.7 Å². The summed E-state index contributed by atoms with van der Waals surface area (Å²) in [4.78, 5) is 37.8. The zero-order valence-corrected chi connectivity index (χ0v) is 23.5. The van der Waals surface area contributed by atoms with E-state index in [1.807, 2.05) is 57.2 Å². The third-order valence-corrected chi connectivity index (χ3v) is 6.99. The summed E-state index contributed by atoms with van der Waals surface area (Å²) in [7, 11) is 1.77. The molecule has 3 atom stereocenters. The van der Waals surface area contributed by atoms with Crippen molar-refractivity contribution in [2.24, 2.45) is 0 Å². The largest absolute Gasteiger partial charge is 0.444 e. The zero-order chi connectivity index (χ0) is 28.2. The van der Waals surface area contributed by atoms with Crippen LogP contribution >= 0.6 is 11.6 Å². The molecular formula is C30H35ClN4O4. The van der Waals surface area contributed by atoms with Crippen molar-refractivity contribution < 1.29 is 19.4 Å². The zero-order valence-electron chi connectivity index (χ0n) is 22.8. The molecule has 1 saturated heterocycles. The Labute approximate surface area is 234 Å². The van der Waals surface area contributed by atoms with Gasteiger partial charge in [-0.05, 0) is 75.4 Å². The van der Waals surface area contributed by atoms with Crippen molar-refractivity contribution in [3.05, 3.63) is 94.5 Å². The van der Waals surface area contributed by atoms with E-state index < -0.39 is 23.8 Å². The van der Waals surface area contributed by atoms with Crippen LogP contribution < -0.4 is 0 Å². The Bertz CT molecular complexity index is 1260. The maximum atomic E-state index is 13.3. The second-order valence-electron chi connectivity index (χ2n) is 11.0. The summed E-state index contributed by atoms with van der Waals surface area (Å²) >= 11 is 5.92. The number of hydrogen-bond donors (Lipinski definition) is 1. The quantitative estimate of drug-likeness (QED) is 0.393. The molecule has 1 aliphatic rings. The molecule has 0 saturated carbocycles. The van der Waals surface area contributed by atoms with E-state index in [1.165, 1.54) is 6.20 Å². The summed E-state index contributed by atoms with van der Waals surface area (Å²) in [5, 5.41) is 11.5. The number of nitrogens with zero attached hydrogens (tertiary/aromatic N) is 4. The van der Waals surface area contributed by atoms with E-state index in [2.05, 4.69) is 9.97 Å². The van der Waals surface area contributed by atoms with Gasteiger partial charge in [0.1, 0.15) is 16.9 Å². The van der Waals surface area contributed by atoms with E-state index >= 15 is 0 Å². The second-order valence-corrected chi connectivity index (χ2v) is 11.4. The van der Waals surface area contributed by atoms with Crippen LogP contribution in [0.5, 0.6) is 0 Å². The van der Waals surface area contributed by atoms with Crippen molar-refractivity contribution in [3.8, 4) is 0 Å². The number of aromatic nitrogens is 2. The molecule has 2 aromatic heterocycles. The molecule has 8 nitrogen and oxygen atoms in total. The maximum absolute atomic E-state index is 13.3. The van der Waals surface area contributed by atoms with Gasteiger partial charge in [-0.2, -0.15) is 0 Å². The van der Waals surface area contributed by atoms with E-state index in [4.69, 9.17) is 16.3 Å². The number of likely N-dealkylation sites (tertiary alicyclic amines) is 1. The lowest BCUT2D eigenvalue weighted by Gasteiger charge is -2.34. The van der Waals surface area contributed by atoms with Gasteiger partial charge in [-0.15, -0.1) is 0 Å². The van der Waals surface area contributed by atoms with Gasteiger partial charge in [0, 0.05) is 49.4 Å². The van der Waals surface area contributed by atoms with Crippen LogP contribution in [0.25, 0.3) is 0 Å². The summed E-state index contributed by atoms with van der Waals surface area (Å²) in [5.74, 6) is -0.0820. The van der Waals surface area contributed by atoms with E-state index in [0.717, 1.165) is 11.1 Å². The Balaban J connectivity index is 1.48. The van der Waals surface area contributed by atoms with Gasteiger partial charge in [0.2, 0.25) is 0 Å². The SMILES string of the molecule is CN(Cc1cccnc1)C(=O)c1ccc(CC2CCC(C(O)c3ccc(Cl)nc3)N2C(=O)OC(C)(C)C)cc1.